The molecule has 1 saturated heterocycles. The van der Waals surface area contributed by atoms with Crippen LogP contribution in [0.2, 0.25) is 0 Å². The Hall–Kier alpha value is -0.720. The average molecular weight is 371 g/mol. The maximum Gasteiger partial charge on any atom is 0.283 e. The van der Waals surface area contributed by atoms with Crippen LogP contribution in [0.4, 0.5) is 0 Å². The summed E-state index contributed by atoms with van der Waals surface area (Å²) in [6, 6.07) is 6.46. The van der Waals surface area contributed by atoms with Crippen molar-refractivity contribution in [2.75, 3.05) is 26.3 Å². The Kier molecular flexibility index (Phi) is 7.22. The highest BCUT2D eigenvalue weighted by atomic mass is 35.5. The van der Waals surface area contributed by atoms with Crippen LogP contribution in [0.15, 0.2) is 24.3 Å². The van der Waals surface area contributed by atoms with Gasteiger partial charge in [-0.15, -0.1) is 12.4 Å². The minimum Gasteiger partial charge on any atom is -0.455 e. The van der Waals surface area contributed by atoms with E-state index in [4.69, 9.17) is 32.7 Å². The summed E-state index contributed by atoms with van der Waals surface area (Å²) in [6.07, 6.45) is -1.06. The second-order valence-corrected chi connectivity index (χ2v) is 6.09. The molecule has 1 aromatic rings. The lowest BCUT2D eigenvalue weighted by Gasteiger charge is -2.27. The number of ether oxygens (including phenoxy) is 2. The Morgan fingerprint density at radius 3 is 2.36 bits per heavy atom. The minimum absolute atomic E-state index is 0. The number of carbonyl (C=O) groups excluding carboxylic acids is 1. The smallest absolute Gasteiger partial charge is 0.283 e. The minimum atomic E-state index is -1.73. The largest absolute Gasteiger partial charge is 0.455 e. The van der Waals surface area contributed by atoms with Crippen molar-refractivity contribution in [3.63, 3.8) is 0 Å². The highest BCUT2D eigenvalue weighted by Gasteiger charge is 2.32. The molecule has 1 amide bonds. The number of aliphatic hydroxyl groups excluding tert-OH is 1. The number of nitrogens with zero attached hydrogens (tertiary/aromatic N) is 1. The van der Waals surface area contributed by atoms with Crippen LogP contribution in [-0.2, 0) is 4.74 Å². The van der Waals surface area contributed by atoms with Gasteiger partial charge in [-0.3, -0.25) is 4.79 Å². The number of carbonyl (C=O) groups is 1. The van der Waals surface area contributed by atoms with Crippen molar-refractivity contribution in [2.24, 2.45) is 0 Å². The second-order valence-electron chi connectivity index (χ2n) is 4.77. The van der Waals surface area contributed by atoms with Crippen LogP contribution >= 0.6 is 35.6 Å². The highest BCUT2D eigenvalue weighted by molar-refractivity contribution is 6.47. The zero-order valence-electron chi connectivity index (χ0n) is 12.0. The van der Waals surface area contributed by atoms with Gasteiger partial charge in [0.15, 0.2) is 0 Å². The van der Waals surface area contributed by atoms with Gasteiger partial charge in [0.25, 0.3) is 10.4 Å². The van der Waals surface area contributed by atoms with E-state index in [1.165, 1.54) is 6.92 Å². The highest BCUT2D eigenvalue weighted by Crippen LogP contribution is 2.29. The molecule has 22 heavy (non-hydrogen) atoms. The molecule has 0 aliphatic carbocycles. The van der Waals surface area contributed by atoms with E-state index in [1.807, 2.05) is 0 Å². The molecule has 0 spiro atoms. The van der Waals surface area contributed by atoms with Gasteiger partial charge in [0, 0.05) is 18.7 Å². The average Bonchev–Trinajstić information content (AvgIpc) is 2.48. The number of alkyl halides is 2. The normalized spacial score (nSPS) is 16.6. The van der Waals surface area contributed by atoms with Crippen LogP contribution in [-0.4, -0.2) is 52.8 Å². The van der Waals surface area contributed by atoms with E-state index >= 15 is 0 Å². The molecule has 1 heterocycles. The van der Waals surface area contributed by atoms with E-state index in [9.17, 15) is 9.90 Å². The lowest BCUT2D eigenvalue weighted by atomic mass is 10.2. The Morgan fingerprint density at radius 1 is 1.32 bits per heavy atom. The number of hydrogen-bond acceptors (Lipinski definition) is 4. The predicted octanol–water partition coefficient (Wildman–Crippen LogP) is 2.47. The van der Waals surface area contributed by atoms with Crippen molar-refractivity contribution < 1.29 is 19.4 Å². The lowest BCUT2D eigenvalue weighted by molar-refractivity contribution is 0.0302. The summed E-state index contributed by atoms with van der Waals surface area (Å²) in [5, 5.41) is 9.39. The quantitative estimate of drug-likeness (QED) is 0.827. The molecule has 1 atom stereocenters. The van der Waals surface area contributed by atoms with E-state index in [-0.39, 0.29) is 18.3 Å². The van der Waals surface area contributed by atoms with Gasteiger partial charge in [-0.1, -0.05) is 23.2 Å². The van der Waals surface area contributed by atoms with Crippen LogP contribution in [0.1, 0.15) is 17.3 Å². The number of morpholine rings is 1. The molecule has 0 bridgehead atoms. The SMILES string of the molecule is CC(O)C(Cl)(Cl)Oc1ccc(C(=O)N2CCOCC2)cc1.Cl. The molecule has 1 aliphatic heterocycles. The first-order valence-electron chi connectivity index (χ1n) is 6.62. The summed E-state index contributed by atoms with van der Waals surface area (Å²) in [6.45, 7) is 3.72. The number of aliphatic hydroxyl groups is 1. The summed E-state index contributed by atoms with van der Waals surface area (Å²) in [5.41, 5.74) is 0.552. The molecule has 0 saturated carbocycles. The first kappa shape index (κ1) is 19.3. The van der Waals surface area contributed by atoms with Crippen LogP contribution in [0.5, 0.6) is 5.75 Å². The van der Waals surface area contributed by atoms with Crippen molar-refractivity contribution in [3.8, 4) is 5.75 Å². The zero-order valence-corrected chi connectivity index (χ0v) is 14.3. The fourth-order valence-electron chi connectivity index (χ4n) is 1.86. The second kappa shape index (κ2) is 8.22. The molecule has 2 rings (SSSR count). The maximum atomic E-state index is 12.2. The first-order chi connectivity index (χ1) is 9.90. The zero-order chi connectivity index (χ0) is 15.5. The Morgan fingerprint density at radius 2 is 1.86 bits per heavy atom. The van der Waals surface area contributed by atoms with Gasteiger partial charge >= 0.3 is 0 Å². The van der Waals surface area contributed by atoms with Gasteiger partial charge in [-0.05, 0) is 31.2 Å². The van der Waals surface area contributed by atoms with Gasteiger partial charge in [-0.25, -0.2) is 0 Å². The molecule has 1 unspecified atom stereocenters. The third-order valence-corrected chi connectivity index (χ3v) is 3.93. The number of halogens is 3. The van der Waals surface area contributed by atoms with Gasteiger partial charge in [0.2, 0.25) is 0 Å². The molecule has 1 N–H and O–H groups in total. The molecule has 1 fully saturated rings. The molecule has 0 radical (unpaired) electrons. The summed E-state index contributed by atoms with van der Waals surface area (Å²) in [7, 11) is 0. The molecule has 124 valence electrons. The van der Waals surface area contributed by atoms with Crippen molar-refractivity contribution in [1.82, 2.24) is 4.90 Å². The van der Waals surface area contributed by atoms with Gasteiger partial charge in [0.1, 0.15) is 11.9 Å². The molecule has 0 aromatic heterocycles. The lowest BCUT2D eigenvalue weighted by Crippen LogP contribution is -2.40. The van der Waals surface area contributed by atoms with E-state index in [1.54, 1.807) is 29.2 Å². The Balaban J connectivity index is 0.00000242. The predicted molar refractivity (Wildman–Crippen MR) is 87.2 cm³/mol. The maximum absolute atomic E-state index is 12.2. The standard InChI is InChI=1S/C14H17Cl2NO4.ClH/c1-10(18)14(15,16)21-12-4-2-11(3-5-12)13(19)17-6-8-20-9-7-17;/h2-5,10,18H,6-9H2,1H3;1H. The van der Waals surface area contributed by atoms with Crippen LogP contribution < -0.4 is 4.74 Å². The third-order valence-electron chi connectivity index (χ3n) is 3.14. The monoisotopic (exact) mass is 369 g/mol. The Bertz CT molecular complexity index is 487. The van der Waals surface area contributed by atoms with Crippen LogP contribution in [0.3, 0.4) is 0 Å². The van der Waals surface area contributed by atoms with Gasteiger partial charge in [-0.2, -0.15) is 0 Å². The fourth-order valence-corrected chi connectivity index (χ4v) is 2.04. The molecule has 1 aromatic carbocycles. The summed E-state index contributed by atoms with van der Waals surface area (Å²) in [4.78, 5) is 14.0. The topological polar surface area (TPSA) is 59.0 Å². The summed E-state index contributed by atoms with van der Waals surface area (Å²) >= 11 is 11.7. The Labute approximate surface area is 145 Å². The van der Waals surface area contributed by atoms with Gasteiger partial charge in [0.05, 0.1) is 13.2 Å². The van der Waals surface area contributed by atoms with E-state index in [0.717, 1.165) is 0 Å². The van der Waals surface area contributed by atoms with Crippen LogP contribution in [0.25, 0.3) is 0 Å². The molecular weight excluding hydrogens is 353 g/mol. The summed E-state index contributed by atoms with van der Waals surface area (Å²) < 4.78 is 8.77. The first-order valence-corrected chi connectivity index (χ1v) is 7.38. The van der Waals surface area contributed by atoms with Crippen LogP contribution in [0, 0.1) is 0 Å². The van der Waals surface area contributed by atoms with Crippen molar-refractivity contribution in [1.29, 1.82) is 0 Å². The van der Waals surface area contributed by atoms with Crippen molar-refractivity contribution in [3.05, 3.63) is 29.8 Å². The van der Waals surface area contributed by atoms with E-state index < -0.39 is 10.6 Å². The van der Waals surface area contributed by atoms with E-state index in [0.29, 0.717) is 37.6 Å². The third kappa shape index (κ3) is 4.89. The summed E-state index contributed by atoms with van der Waals surface area (Å²) in [5.74, 6) is 0.322. The number of rotatable bonds is 4. The van der Waals surface area contributed by atoms with Crippen molar-refractivity contribution >= 4 is 41.5 Å². The number of hydrogen-bond donors (Lipinski definition) is 1. The fraction of sp³-hybridized carbons (Fsp3) is 0.500. The van der Waals surface area contributed by atoms with Crippen molar-refractivity contribution in [2.45, 2.75) is 17.5 Å². The molecule has 1 aliphatic rings. The molecule has 8 heteroatoms. The van der Waals surface area contributed by atoms with Gasteiger partial charge < -0.3 is 19.5 Å². The number of benzene rings is 1. The number of amides is 1. The molecule has 5 nitrogen and oxygen atoms in total. The van der Waals surface area contributed by atoms with E-state index in [2.05, 4.69) is 0 Å². The molecular formula is C14H18Cl3NO4.